The van der Waals surface area contributed by atoms with E-state index < -0.39 is 6.36 Å². The summed E-state index contributed by atoms with van der Waals surface area (Å²) in [6.07, 6.45) is -4.73. The Balaban J connectivity index is 2.03. The maximum Gasteiger partial charge on any atom is 0.573 e. The lowest BCUT2D eigenvalue weighted by Gasteiger charge is -2.10. The highest BCUT2D eigenvalue weighted by molar-refractivity contribution is 9.10. The third kappa shape index (κ3) is 4.78. The average Bonchev–Trinajstić information content (AvgIpc) is 2.40. The minimum absolute atomic E-state index is 0.343. The molecule has 0 bridgehead atoms. The van der Waals surface area contributed by atoms with E-state index in [0.29, 0.717) is 11.3 Å². The van der Waals surface area contributed by atoms with E-state index in [4.69, 9.17) is 0 Å². The van der Waals surface area contributed by atoms with E-state index in [1.54, 1.807) is 24.3 Å². The lowest BCUT2D eigenvalue weighted by atomic mass is 10.2. The van der Waals surface area contributed by atoms with E-state index in [1.165, 1.54) is 12.1 Å². The molecule has 0 aromatic heterocycles. The second-order valence-electron chi connectivity index (χ2n) is 4.03. The van der Waals surface area contributed by atoms with Gasteiger partial charge in [0.15, 0.2) is 0 Å². The van der Waals surface area contributed by atoms with Crippen molar-refractivity contribution in [2.24, 2.45) is 0 Å². The number of anilines is 1. The fourth-order valence-corrected chi connectivity index (χ4v) is 1.81. The summed E-state index contributed by atoms with van der Waals surface area (Å²) in [5.74, 6) is -0.698. The van der Waals surface area contributed by atoms with Crippen molar-refractivity contribution in [3.05, 3.63) is 58.6 Å². The zero-order valence-corrected chi connectivity index (χ0v) is 12.0. The summed E-state index contributed by atoms with van der Waals surface area (Å²) in [6, 6.07) is 11.6. The molecule has 2 aromatic carbocycles. The van der Waals surface area contributed by atoms with Gasteiger partial charge in [-0.2, -0.15) is 0 Å². The minimum atomic E-state index is -4.73. The molecule has 7 heteroatoms. The molecule has 21 heavy (non-hydrogen) atoms. The van der Waals surface area contributed by atoms with Crippen LogP contribution in [0.2, 0.25) is 0 Å². The Labute approximate surface area is 126 Å². The molecular formula is C14H9BrF3NO2. The third-order valence-corrected chi connectivity index (χ3v) is 2.98. The van der Waals surface area contributed by atoms with Gasteiger partial charge in [0.05, 0.1) is 0 Å². The molecular weight excluding hydrogens is 351 g/mol. The van der Waals surface area contributed by atoms with E-state index in [1.807, 2.05) is 0 Å². The smallest absolute Gasteiger partial charge is 0.406 e. The number of amides is 1. The fourth-order valence-electron chi connectivity index (χ4n) is 1.54. The van der Waals surface area contributed by atoms with Crippen LogP contribution in [-0.2, 0) is 0 Å². The molecule has 0 saturated heterocycles. The second-order valence-corrected chi connectivity index (χ2v) is 4.95. The molecule has 0 fully saturated rings. The first-order valence-corrected chi connectivity index (χ1v) is 6.55. The topological polar surface area (TPSA) is 38.3 Å². The maximum absolute atomic E-state index is 12.0. The molecule has 0 unspecified atom stereocenters. The molecule has 3 nitrogen and oxygen atoms in total. The maximum atomic E-state index is 12.0. The molecule has 2 rings (SSSR count). The van der Waals surface area contributed by atoms with Gasteiger partial charge >= 0.3 is 6.36 Å². The van der Waals surface area contributed by atoms with Crippen molar-refractivity contribution in [3.8, 4) is 5.75 Å². The molecule has 110 valence electrons. The molecule has 0 aliphatic heterocycles. The first-order valence-electron chi connectivity index (χ1n) is 5.76. The summed E-state index contributed by atoms with van der Waals surface area (Å²) in [7, 11) is 0. The summed E-state index contributed by atoms with van der Waals surface area (Å²) in [5, 5.41) is 2.58. The van der Waals surface area contributed by atoms with Crippen molar-refractivity contribution in [2.45, 2.75) is 6.36 Å². The molecule has 0 aliphatic carbocycles. The molecule has 1 amide bonds. The Hall–Kier alpha value is -2.02. The Bertz CT molecular complexity index is 624. The van der Waals surface area contributed by atoms with Gasteiger partial charge in [0.1, 0.15) is 5.75 Å². The van der Waals surface area contributed by atoms with Gasteiger partial charge in [0.25, 0.3) is 5.91 Å². The summed E-state index contributed by atoms with van der Waals surface area (Å²) in [6.45, 7) is 0. The highest BCUT2D eigenvalue weighted by atomic mass is 79.9. The van der Waals surface area contributed by atoms with Crippen molar-refractivity contribution in [1.82, 2.24) is 0 Å². The number of alkyl halides is 3. The fraction of sp³-hybridized carbons (Fsp3) is 0.0714. The summed E-state index contributed by atoms with van der Waals surface area (Å²) in [4.78, 5) is 11.9. The van der Waals surface area contributed by atoms with Crippen LogP contribution in [0.4, 0.5) is 18.9 Å². The number of rotatable bonds is 3. The van der Waals surface area contributed by atoms with E-state index in [-0.39, 0.29) is 11.7 Å². The number of halogens is 4. The van der Waals surface area contributed by atoms with Gasteiger partial charge in [-0.3, -0.25) is 4.79 Å². The average molecular weight is 360 g/mol. The minimum Gasteiger partial charge on any atom is -0.406 e. The summed E-state index contributed by atoms with van der Waals surface area (Å²) >= 11 is 3.26. The van der Waals surface area contributed by atoms with Crippen LogP contribution in [0, 0.1) is 0 Å². The van der Waals surface area contributed by atoms with Crippen molar-refractivity contribution >= 4 is 27.5 Å². The number of benzene rings is 2. The lowest BCUT2D eigenvalue weighted by molar-refractivity contribution is -0.274. The monoisotopic (exact) mass is 359 g/mol. The number of carbonyl (C=O) groups is 1. The van der Waals surface area contributed by atoms with Gasteiger partial charge in [0, 0.05) is 15.7 Å². The first-order chi connectivity index (χ1) is 9.83. The Morgan fingerprint density at radius 1 is 1.00 bits per heavy atom. The standard InChI is InChI=1S/C14H9BrF3NO2/c15-10-3-1-9(2-4-10)13(20)19-11-5-7-12(8-6-11)21-14(16,17)18/h1-8H,(H,19,20). The van der Waals surface area contributed by atoms with Crippen LogP contribution in [0.5, 0.6) is 5.75 Å². The van der Waals surface area contributed by atoms with E-state index >= 15 is 0 Å². The van der Waals surface area contributed by atoms with E-state index in [0.717, 1.165) is 16.6 Å². The van der Waals surface area contributed by atoms with Gasteiger partial charge in [-0.25, -0.2) is 0 Å². The van der Waals surface area contributed by atoms with Crippen LogP contribution >= 0.6 is 15.9 Å². The zero-order chi connectivity index (χ0) is 15.5. The van der Waals surface area contributed by atoms with Crippen LogP contribution in [-0.4, -0.2) is 12.3 Å². The number of hydrogen-bond acceptors (Lipinski definition) is 2. The van der Waals surface area contributed by atoms with E-state index in [9.17, 15) is 18.0 Å². The predicted molar refractivity (Wildman–Crippen MR) is 75.2 cm³/mol. The largest absolute Gasteiger partial charge is 0.573 e. The lowest BCUT2D eigenvalue weighted by Crippen LogP contribution is -2.17. The normalized spacial score (nSPS) is 11.0. The Morgan fingerprint density at radius 3 is 2.10 bits per heavy atom. The molecule has 0 saturated carbocycles. The van der Waals surface area contributed by atoms with Gasteiger partial charge < -0.3 is 10.1 Å². The molecule has 1 N–H and O–H groups in total. The number of carbonyl (C=O) groups excluding carboxylic acids is 1. The second kappa shape index (κ2) is 6.17. The summed E-state index contributed by atoms with van der Waals surface area (Å²) in [5.41, 5.74) is 0.811. The number of nitrogens with one attached hydrogen (secondary N) is 1. The Kier molecular flexibility index (Phi) is 4.52. The SMILES string of the molecule is O=C(Nc1ccc(OC(F)(F)F)cc1)c1ccc(Br)cc1. The predicted octanol–water partition coefficient (Wildman–Crippen LogP) is 4.60. The van der Waals surface area contributed by atoms with Crippen LogP contribution in [0.3, 0.4) is 0 Å². The quantitative estimate of drug-likeness (QED) is 0.869. The number of hydrogen-bond donors (Lipinski definition) is 1. The third-order valence-electron chi connectivity index (χ3n) is 2.45. The van der Waals surface area contributed by atoms with Gasteiger partial charge in [0.2, 0.25) is 0 Å². The van der Waals surface area contributed by atoms with Crippen molar-refractivity contribution < 1.29 is 22.7 Å². The Morgan fingerprint density at radius 2 is 1.57 bits per heavy atom. The first kappa shape index (κ1) is 15.4. The molecule has 0 heterocycles. The highest BCUT2D eigenvalue weighted by Crippen LogP contribution is 2.24. The van der Waals surface area contributed by atoms with Crippen molar-refractivity contribution in [1.29, 1.82) is 0 Å². The van der Waals surface area contributed by atoms with Gasteiger partial charge in [-0.05, 0) is 48.5 Å². The van der Waals surface area contributed by atoms with Crippen LogP contribution in [0.15, 0.2) is 53.0 Å². The molecule has 2 aromatic rings. The molecule has 0 aliphatic rings. The molecule has 0 spiro atoms. The van der Waals surface area contributed by atoms with Gasteiger partial charge in [-0.15, -0.1) is 13.2 Å². The van der Waals surface area contributed by atoms with Crippen molar-refractivity contribution in [3.63, 3.8) is 0 Å². The molecule has 0 radical (unpaired) electrons. The number of ether oxygens (including phenoxy) is 1. The van der Waals surface area contributed by atoms with Crippen molar-refractivity contribution in [2.75, 3.05) is 5.32 Å². The summed E-state index contributed by atoms with van der Waals surface area (Å²) < 4.78 is 40.6. The molecule has 0 atom stereocenters. The highest BCUT2D eigenvalue weighted by Gasteiger charge is 2.30. The zero-order valence-electron chi connectivity index (χ0n) is 10.4. The van der Waals surface area contributed by atoms with E-state index in [2.05, 4.69) is 26.0 Å². The van der Waals surface area contributed by atoms with Crippen LogP contribution in [0.1, 0.15) is 10.4 Å². The van der Waals surface area contributed by atoms with Crippen LogP contribution in [0.25, 0.3) is 0 Å². The van der Waals surface area contributed by atoms with Gasteiger partial charge in [-0.1, -0.05) is 15.9 Å². The van der Waals surface area contributed by atoms with Crippen LogP contribution < -0.4 is 10.1 Å².